The van der Waals surface area contributed by atoms with Crippen LogP contribution in [0, 0.1) is 0 Å². The fraction of sp³-hybridized carbons (Fsp3) is 0.500. The molecule has 1 saturated heterocycles. The molecular formula is C10H13N5O3S. The Bertz CT molecular complexity index is 669. The van der Waals surface area contributed by atoms with Crippen LogP contribution in [0.1, 0.15) is 11.8 Å². The number of aromatic nitrogens is 4. The standard InChI is InChI=1S/C10H13N5O3S/c11-10-13-8-7(9(18)14-10)12-3-15(8)6-1-4(17)5(2-16)19-6/h3-6,16-17H,1-2H2,(H3,11,13,14,18)/t4-,5-,6-/m1/s1. The van der Waals surface area contributed by atoms with Gasteiger partial charge >= 0.3 is 0 Å². The highest BCUT2D eigenvalue weighted by atomic mass is 32.2. The number of fused-ring (bicyclic) bond motifs is 1. The monoisotopic (exact) mass is 283 g/mol. The van der Waals surface area contributed by atoms with Gasteiger partial charge in [0.1, 0.15) is 0 Å². The average Bonchev–Trinajstić information content (AvgIpc) is 2.92. The number of rotatable bonds is 2. The topological polar surface area (TPSA) is 130 Å². The van der Waals surface area contributed by atoms with Crippen molar-refractivity contribution in [3.05, 3.63) is 16.7 Å². The molecule has 0 bridgehead atoms. The Balaban J connectivity index is 2.05. The minimum absolute atomic E-state index is 0.0292. The molecule has 5 N–H and O–H groups in total. The van der Waals surface area contributed by atoms with Gasteiger partial charge in [-0.3, -0.25) is 9.78 Å². The molecule has 19 heavy (non-hydrogen) atoms. The molecule has 0 amide bonds. The van der Waals surface area contributed by atoms with E-state index in [9.17, 15) is 9.90 Å². The summed E-state index contributed by atoms with van der Waals surface area (Å²) in [6.45, 7) is -0.0921. The highest BCUT2D eigenvalue weighted by molar-refractivity contribution is 8.00. The number of nitrogen functional groups attached to an aromatic ring is 1. The number of nitrogens with zero attached hydrogens (tertiary/aromatic N) is 3. The highest BCUT2D eigenvalue weighted by Crippen LogP contribution is 2.42. The van der Waals surface area contributed by atoms with Crippen LogP contribution < -0.4 is 11.3 Å². The smallest absolute Gasteiger partial charge is 0.280 e. The second-order valence-corrected chi connectivity index (χ2v) is 5.81. The molecule has 3 heterocycles. The molecule has 0 radical (unpaired) electrons. The van der Waals surface area contributed by atoms with Crippen molar-refractivity contribution in [2.24, 2.45) is 0 Å². The first kappa shape index (κ1) is 12.5. The molecule has 0 aliphatic carbocycles. The van der Waals surface area contributed by atoms with E-state index in [0.717, 1.165) is 0 Å². The molecule has 102 valence electrons. The zero-order chi connectivity index (χ0) is 13.6. The lowest BCUT2D eigenvalue weighted by molar-refractivity contribution is 0.138. The summed E-state index contributed by atoms with van der Waals surface area (Å²) >= 11 is 1.43. The Labute approximate surface area is 111 Å². The van der Waals surface area contributed by atoms with Gasteiger partial charge in [0, 0.05) is 6.42 Å². The number of thioether (sulfide) groups is 1. The number of aliphatic hydroxyl groups is 2. The summed E-state index contributed by atoms with van der Waals surface area (Å²) in [7, 11) is 0. The van der Waals surface area contributed by atoms with Crippen LogP contribution in [0.4, 0.5) is 5.95 Å². The maximum Gasteiger partial charge on any atom is 0.280 e. The van der Waals surface area contributed by atoms with Crippen molar-refractivity contribution in [2.75, 3.05) is 12.3 Å². The molecule has 1 aliphatic heterocycles. The zero-order valence-electron chi connectivity index (χ0n) is 9.85. The normalized spacial score (nSPS) is 27.2. The van der Waals surface area contributed by atoms with Crippen LogP contribution in [0.5, 0.6) is 0 Å². The zero-order valence-corrected chi connectivity index (χ0v) is 10.7. The molecule has 3 rings (SSSR count). The van der Waals surface area contributed by atoms with Crippen LogP contribution in [0.15, 0.2) is 11.1 Å². The molecule has 2 aromatic heterocycles. The summed E-state index contributed by atoms with van der Waals surface area (Å²) in [6.07, 6.45) is 1.39. The largest absolute Gasteiger partial charge is 0.395 e. The van der Waals surface area contributed by atoms with Crippen molar-refractivity contribution >= 4 is 28.9 Å². The molecule has 0 unspecified atom stereocenters. The van der Waals surface area contributed by atoms with Gasteiger partial charge in [-0.1, -0.05) is 0 Å². The van der Waals surface area contributed by atoms with Crippen LogP contribution in [0.3, 0.4) is 0 Å². The first-order valence-corrected chi connectivity index (χ1v) is 6.71. The maximum atomic E-state index is 11.7. The van der Waals surface area contributed by atoms with E-state index in [1.54, 1.807) is 4.57 Å². The van der Waals surface area contributed by atoms with Gasteiger partial charge in [-0.25, -0.2) is 4.98 Å². The highest BCUT2D eigenvalue weighted by Gasteiger charge is 2.35. The third kappa shape index (κ3) is 1.99. The summed E-state index contributed by atoms with van der Waals surface area (Å²) in [5.74, 6) is 0.0292. The van der Waals surface area contributed by atoms with Crippen molar-refractivity contribution in [1.29, 1.82) is 0 Å². The molecule has 0 saturated carbocycles. The number of hydrogen-bond donors (Lipinski definition) is 4. The summed E-state index contributed by atoms with van der Waals surface area (Å²) in [4.78, 5) is 22.2. The molecule has 0 spiro atoms. The number of hydrogen-bond acceptors (Lipinski definition) is 7. The fourth-order valence-corrected chi connectivity index (χ4v) is 3.58. The van der Waals surface area contributed by atoms with Gasteiger partial charge in [0.15, 0.2) is 11.2 Å². The van der Waals surface area contributed by atoms with E-state index in [4.69, 9.17) is 10.8 Å². The minimum atomic E-state index is -0.586. The Kier molecular flexibility index (Phi) is 2.96. The van der Waals surface area contributed by atoms with Gasteiger partial charge in [-0.15, -0.1) is 11.8 Å². The van der Waals surface area contributed by atoms with E-state index in [2.05, 4.69) is 15.0 Å². The fourth-order valence-electron chi connectivity index (χ4n) is 2.20. The molecular weight excluding hydrogens is 270 g/mol. The number of aromatic amines is 1. The first-order chi connectivity index (χ1) is 9.10. The number of aliphatic hydroxyl groups excluding tert-OH is 2. The summed E-state index contributed by atoms with van der Waals surface area (Å²) < 4.78 is 1.71. The quantitative estimate of drug-likeness (QED) is 0.559. The van der Waals surface area contributed by atoms with Crippen molar-refractivity contribution in [3.8, 4) is 0 Å². The number of H-pyrrole nitrogens is 1. The van der Waals surface area contributed by atoms with Crippen molar-refractivity contribution in [2.45, 2.75) is 23.1 Å². The molecule has 1 aliphatic rings. The summed E-state index contributed by atoms with van der Waals surface area (Å²) in [5.41, 5.74) is 5.75. The van der Waals surface area contributed by atoms with Crippen molar-refractivity contribution in [3.63, 3.8) is 0 Å². The predicted molar refractivity (Wildman–Crippen MR) is 70.7 cm³/mol. The predicted octanol–water partition coefficient (Wildman–Crippen LogP) is -0.941. The SMILES string of the molecule is Nc1nc2c(ncn2[C@H]2C[C@@H](O)[C@@H](CO)S2)c(=O)[nH]1. The molecule has 2 aromatic rings. The van der Waals surface area contributed by atoms with E-state index < -0.39 is 6.10 Å². The van der Waals surface area contributed by atoms with Crippen LogP contribution in [0.2, 0.25) is 0 Å². The second kappa shape index (κ2) is 4.51. The molecule has 1 fully saturated rings. The van der Waals surface area contributed by atoms with Crippen LogP contribution in [0.25, 0.3) is 11.2 Å². The summed E-state index contributed by atoms with van der Waals surface area (Å²) in [5, 5.41) is 18.6. The number of anilines is 1. The number of nitrogens with one attached hydrogen (secondary N) is 1. The Morgan fingerprint density at radius 1 is 1.63 bits per heavy atom. The van der Waals surface area contributed by atoms with E-state index in [1.165, 1.54) is 18.1 Å². The van der Waals surface area contributed by atoms with Crippen molar-refractivity contribution < 1.29 is 10.2 Å². The van der Waals surface area contributed by atoms with E-state index in [0.29, 0.717) is 12.1 Å². The molecule has 9 heteroatoms. The van der Waals surface area contributed by atoms with Crippen molar-refractivity contribution in [1.82, 2.24) is 19.5 Å². The Hall–Kier alpha value is -1.58. The number of imidazole rings is 1. The van der Waals surface area contributed by atoms with Gasteiger partial charge in [0.25, 0.3) is 5.56 Å². The van der Waals surface area contributed by atoms with Crippen LogP contribution in [-0.2, 0) is 0 Å². The summed E-state index contributed by atoms with van der Waals surface area (Å²) in [6, 6.07) is 0. The van der Waals surface area contributed by atoms with Gasteiger partial charge in [0.2, 0.25) is 5.95 Å². The molecule has 0 aromatic carbocycles. The third-order valence-corrected chi connectivity index (χ3v) is 4.69. The second-order valence-electron chi connectivity index (χ2n) is 4.39. The van der Waals surface area contributed by atoms with Gasteiger partial charge < -0.3 is 20.5 Å². The lowest BCUT2D eigenvalue weighted by Gasteiger charge is -2.11. The minimum Gasteiger partial charge on any atom is -0.395 e. The first-order valence-electron chi connectivity index (χ1n) is 5.77. The van der Waals surface area contributed by atoms with E-state index in [-0.39, 0.29) is 34.3 Å². The lowest BCUT2D eigenvalue weighted by Crippen LogP contribution is -2.20. The van der Waals surface area contributed by atoms with Gasteiger partial charge in [-0.05, 0) is 0 Å². The van der Waals surface area contributed by atoms with Crippen LogP contribution >= 0.6 is 11.8 Å². The van der Waals surface area contributed by atoms with Gasteiger partial charge in [0.05, 0.1) is 29.7 Å². The molecule has 8 nitrogen and oxygen atoms in total. The van der Waals surface area contributed by atoms with E-state index >= 15 is 0 Å². The third-order valence-electron chi connectivity index (χ3n) is 3.15. The average molecular weight is 283 g/mol. The van der Waals surface area contributed by atoms with Crippen LogP contribution in [-0.4, -0.2) is 47.7 Å². The number of nitrogens with two attached hydrogens (primary N) is 1. The Morgan fingerprint density at radius 3 is 3.11 bits per heavy atom. The van der Waals surface area contributed by atoms with E-state index in [1.807, 2.05) is 0 Å². The maximum absolute atomic E-state index is 11.7. The lowest BCUT2D eigenvalue weighted by atomic mass is 10.2. The molecule has 3 atom stereocenters. The van der Waals surface area contributed by atoms with Gasteiger partial charge in [-0.2, -0.15) is 4.98 Å². The Morgan fingerprint density at radius 2 is 2.42 bits per heavy atom.